The molecule has 0 atom stereocenters. The second kappa shape index (κ2) is 14.7. The number of carboxylic acids is 1. The first-order valence-electron chi connectivity index (χ1n) is 13.4. The third-order valence-corrected chi connectivity index (χ3v) is 6.87. The Morgan fingerprint density at radius 1 is 0.921 bits per heavy atom. The summed E-state index contributed by atoms with van der Waals surface area (Å²) in [6, 6.07) is 23.6. The molecule has 0 saturated heterocycles. The van der Waals surface area contributed by atoms with Crippen molar-refractivity contribution in [2.45, 2.75) is 58.8 Å². The van der Waals surface area contributed by atoms with Crippen molar-refractivity contribution in [1.82, 2.24) is 4.98 Å². The molecule has 0 saturated carbocycles. The predicted octanol–water partition coefficient (Wildman–Crippen LogP) is 7.26. The van der Waals surface area contributed by atoms with Crippen molar-refractivity contribution in [3.63, 3.8) is 0 Å². The van der Waals surface area contributed by atoms with Gasteiger partial charge in [0.05, 0.1) is 17.7 Å². The maximum Gasteiger partial charge on any atom is 0.310 e. The first-order valence-corrected chi connectivity index (χ1v) is 13.4. The van der Waals surface area contributed by atoms with Crippen molar-refractivity contribution in [3.05, 3.63) is 89.6 Å². The monoisotopic (exact) mass is 514 g/mol. The molecule has 0 radical (unpaired) electrons. The van der Waals surface area contributed by atoms with E-state index in [2.05, 4.69) is 34.6 Å². The molecule has 6 heteroatoms. The summed E-state index contributed by atoms with van der Waals surface area (Å²) in [5.41, 5.74) is 2.63. The maximum absolute atomic E-state index is 12.6. The zero-order valence-corrected chi connectivity index (χ0v) is 22.4. The molecular weight excluding hydrogens is 476 g/mol. The van der Waals surface area contributed by atoms with Gasteiger partial charge in [0.15, 0.2) is 0 Å². The lowest BCUT2D eigenvalue weighted by Crippen LogP contribution is -2.34. The third-order valence-electron chi connectivity index (χ3n) is 6.87. The molecule has 6 nitrogen and oxygen atoms in total. The van der Waals surface area contributed by atoms with E-state index < -0.39 is 11.4 Å². The first-order chi connectivity index (χ1) is 18.4. The standard InChI is InChI=1S/C32H38N2O4/c1-3-32(4-2,31(36)37)24-29(35)33-28-18-11-16-26(23-28)20-21-27-17-12-19-30(34-27)38-22-10-6-9-15-25-13-7-5-8-14-25/h5,7-8,11-14,16-21,23H,3-4,6,9-10,15,22,24H2,1-2H3,(H,33,35)(H,36,37). The molecule has 3 rings (SSSR count). The van der Waals surface area contributed by atoms with E-state index in [1.54, 1.807) is 19.9 Å². The second-order valence-electron chi connectivity index (χ2n) is 9.52. The number of carbonyl (C=O) groups is 2. The van der Waals surface area contributed by atoms with Crippen molar-refractivity contribution < 1.29 is 19.4 Å². The molecule has 38 heavy (non-hydrogen) atoms. The van der Waals surface area contributed by atoms with Gasteiger partial charge in [0, 0.05) is 18.2 Å². The van der Waals surface area contributed by atoms with E-state index in [1.807, 2.05) is 54.6 Å². The number of aryl methyl sites for hydroxylation is 1. The SMILES string of the molecule is CCC(CC)(CC(=O)Nc1cccc(C=Cc2cccc(OCCCCCc3ccccc3)n2)c1)C(=O)O. The Hall–Kier alpha value is -3.93. The largest absolute Gasteiger partial charge is 0.481 e. The molecule has 0 spiro atoms. The quantitative estimate of drug-likeness (QED) is 0.208. The Labute approximate surface area is 225 Å². The number of rotatable bonds is 15. The molecule has 1 amide bonds. The van der Waals surface area contributed by atoms with Gasteiger partial charge < -0.3 is 15.2 Å². The van der Waals surface area contributed by atoms with E-state index in [-0.39, 0.29) is 12.3 Å². The van der Waals surface area contributed by atoms with Crippen molar-refractivity contribution in [1.29, 1.82) is 0 Å². The highest BCUT2D eigenvalue weighted by atomic mass is 16.5. The highest BCUT2D eigenvalue weighted by Crippen LogP contribution is 2.31. The Balaban J connectivity index is 1.49. The molecule has 200 valence electrons. The van der Waals surface area contributed by atoms with Crippen molar-refractivity contribution in [2.75, 3.05) is 11.9 Å². The summed E-state index contributed by atoms with van der Waals surface area (Å²) in [6.07, 6.45) is 8.89. The van der Waals surface area contributed by atoms with Crippen LogP contribution in [0.15, 0.2) is 72.8 Å². The van der Waals surface area contributed by atoms with Crippen LogP contribution in [0.2, 0.25) is 0 Å². The van der Waals surface area contributed by atoms with Gasteiger partial charge in [0.1, 0.15) is 0 Å². The lowest BCUT2D eigenvalue weighted by molar-refractivity contribution is -0.151. The molecule has 1 heterocycles. The van der Waals surface area contributed by atoms with Crippen molar-refractivity contribution in [3.8, 4) is 5.88 Å². The summed E-state index contributed by atoms with van der Waals surface area (Å²) >= 11 is 0. The number of nitrogens with zero attached hydrogens (tertiary/aromatic N) is 1. The number of aliphatic carboxylic acids is 1. The van der Waals surface area contributed by atoms with Gasteiger partial charge in [-0.2, -0.15) is 0 Å². The van der Waals surface area contributed by atoms with Crippen LogP contribution in [0.25, 0.3) is 12.2 Å². The van der Waals surface area contributed by atoms with E-state index in [4.69, 9.17) is 4.74 Å². The number of nitrogens with one attached hydrogen (secondary N) is 1. The van der Waals surface area contributed by atoms with Gasteiger partial charge in [0.25, 0.3) is 0 Å². The summed E-state index contributed by atoms with van der Waals surface area (Å²) in [6.45, 7) is 4.24. The molecule has 0 fully saturated rings. The Bertz CT molecular complexity index is 1200. The second-order valence-corrected chi connectivity index (χ2v) is 9.52. The van der Waals surface area contributed by atoms with Crippen LogP contribution in [0.3, 0.4) is 0 Å². The molecule has 0 bridgehead atoms. The van der Waals surface area contributed by atoms with Crippen LogP contribution in [-0.4, -0.2) is 28.6 Å². The van der Waals surface area contributed by atoms with Crippen LogP contribution in [0.4, 0.5) is 5.69 Å². The van der Waals surface area contributed by atoms with Gasteiger partial charge in [0.2, 0.25) is 11.8 Å². The van der Waals surface area contributed by atoms with Crippen LogP contribution in [-0.2, 0) is 16.0 Å². The number of aromatic nitrogens is 1. The molecule has 0 aliphatic heterocycles. The summed E-state index contributed by atoms with van der Waals surface area (Å²) in [4.78, 5) is 28.9. The molecule has 3 aromatic rings. The average Bonchev–Trinajstić information content (AvgIpc) is 2.93. The van der Waals surface area contributed by atoms with Gasteiger partial charge in [-0.1, -0.05) is 68.5 Å². The van der Waals surface area contributed by atoms with Crippen LogP contribution < -0.4 is 10.1 Å². The van der Waals surface area contributed by atoms with Crippen LogP contribution in [0, 0.1) is 5.41 Å². The van der Waals surface area contributed by atoms with Gasteiger partial charge in [-0.05, 0) is 73.9 Å². The molecule has 0 aliphatic rings. The molecule has 0 unspecified atom stereocenters. The lowest BCUT2D eigenvalue weighted by atomic mass is 9.79. The number of pyridine rings is 1. The summed E-state index contributed by atoms with van der Waals surface area (Å²) in [5, 5.41) is 12.4. The van der Waals surface area contributed by atoms with Crippen molar-refractivity contribution in [2.24, 2.45) is 5.41 Å². The van der Waals surface area contributed by atoms with E-state index in [1.165, 1.54) is 5.56 Å². The molecule has 2 aromatic carbocycles. The minimum absolute atomic E-state index is 0.0564. The summed E-state index contributed by atoms with van der Waals surface area (Å²) < 4.78 is 5.85. The van der Waals surface area contributed by atoms with E-state index in [0.717, 1.165) is 36.9 Å². The normalized spacial score (nSPS) is 11.4. The Morgan fingerprint density at radius 3 is 2.42 bits per heavy atom. The number of ether oxygens (including phenoxy) is 1. The van der Waals surface area contributed by atoms with Gasteiger partial charge in [-0.15, -0.1) is 0 Å². The zero-order valence-electron chi connectivity index (χ0n) is 22.4. The fourth-order valence-electron chi connectivity index (χ4n) is 4.33. The predicted molar refractivity (Wildman–Crippen MR) is 153 cm³/mol. The van der Waals surface area contributed by atoms with Crippen LogP contribution in [0.5, 0.6) is 5.88 Å². The summed E-state index contributed by atoms with van der Waals surface area (Å²) in [7, 11) is 0. The van der Waals surface area contributed by atoms with Gasteiger partial charge in [-0.25, -0.2) is 4.98 Å². The fourth-order valence-corrected chi connectivity index (χ4v) is 4.33. The Morgan fingerprint density at radius 2 is 1.68 bits per heavy atom. The average molecular weight is 515 g/mol. The third kappa shape index (κ3) is 8.87. The Kier molecular flexibility index (Phi) is 11.1. The number of benzene rings is 2. The number of hydrogen-bond donors (Lipinski definition) is 2. The summed E-state index contributed by atoms with van der Waals surface area (Å²) in [5.74, 6) is -0.634. The molecule has 2 N–H and O–H groups in total. The van der Waals surface area contributed by atoms with E-state index in [0.29, 0.717) is 31.0 Å². The van der Waals surface area contributed by atoms with Crippen molar-refractivity contribution >= 4 is 29.7 Å². The van der Waals surface area contributed by atoms with E-state index in [9.17, 15) is 14.7 Å². The topological polar surface area (TPSA) is 88.5 Å². The number of unbranched alkanes of at least 4 members (excludes halogenated alkanes) is 2. The van der Waals surface area contributed by atoms with Gasteiger partial charge >= 0.3 is 5.97 Å². The number of amides is 1. The minimum Gasteiger partial charge on any atom is -0.481 e. The highest BCUT2D eigenvalue weighted by Gasteiger charge is 2.37. The van der Waals surface area contributed by atoms with Crippen LogP contribution in [0.1, 0.15) is 69.2 Å². The first kappa shape index (κ1) is 28.6. The number of carbonyl (C=O) groups excluding carboxylic acids is 1. The minimum atomic E-state index is -1.04. The van der Waals surface area contributed by atoms with E-state index >= 15 is 0 Å². The highest BCUT2D eigenvalue weighted by molar-refractivity contribution is 5.94. The smallest absolute Gasteiger partial charge is 0.310 e. The molecule has 0 aliphatic carbocycles. The maximum atomic E-state index is 12.6. The number of carboxylic acid groups (broad SMARTS) is 1. The van der Waals surface area contributed by atoms with Crippen LogP contribution >= 0.6 is 0 Å². The molecular formula is C32H38N2O4. The molecule has 1 aromatic heterocycles. The van der Waals surface area contributed by atoms with Gasteiger partial charge in [-0.3, -0.25) is 9.59 Å². The number of hydrogen-bond acceptors (Lipinski definition) is 4. The zero-order chi connectivity index (χ0) is 27.2. The lowest BCUT2D eigenvalue weighted by Gasteiger charge is -2.25. The fraction of sp³-hybridized carbons (Fsp3) is 0.344. The number of anilines is 1.